The first-order chi connectivity index (χ1) is 17.8. The van der Waals surface area contributed by atoms with Crippen LogP contribution in [0.5, 0.6) is 5.75 Å². The number of nitro benzene ring substituents is 1. The van der Waals surface area contributed by atoms with Crippen molar-refractivity contribution < 1.29 is 24.4 Å². The number of aromatic hydroxyl groups is 1. The number of aromatic nitrogens is 3. The van der Waals surface area contributed by atoms with Gasteiger partial charge in [-0.15, -0.1) is 0 Å². The van der Waals surface area contributed by atoms with E-state index in [9.17, 15) is 24.8 Å². The highest BCUT2D eigenvalue weighted by molar-refractivity contribution is 6.00. The number of rotatable bonds is 7. The van der Waals surface area contributed by atoms with E-state index in [1.807, 2.05) is 24.3 Å². The van der Waals surface area contributed by atoms with Crippen LogP contribution in [-0.2, 0) is 16.0 Å². The van der Waals surface area contributed by atoms with Crippen molar-refractivity contribution in [3.63, 3.8) is 0 Å². The molecular formula is C26H21N5O6. The summed E-state index contributed by atoms with van der Waals surface area (Å²) >= 11 is 0. The summed E-state index contributed by atoms with van der Waals surface area (Å²) in [6, 6.07) is 15.1. The summed E-state index contributed by atoms with van der Waals surface area (Å²) in [5.41, 5.74) is 2.98. The van der Waals surface area contributed by atoms with Gasteiger partial charge in [0.2, 0.25) is 0 Å². The van der Waals surface area contributed by atoms with Gasteiger partial charge in [-0.1, -0.05) is 18.2 Å². The summed E-state index contributed by atoms with van der Waals surface area (Å²) < 4.78 is 4.90. The quantitative estimate of drug-likeness (QED) is 0.150. The number of esters is 1. The third-order valence-corrected chi connectivity index (χ3v) is 6.08. The molecule has 0 unspecified atom stereocenters. The summed E-state index contributed by atoms with van der Waals surface area (Å²) in [7, 11) is 1.24. The van der Waals surface area contributed by atoms with E-state index in [2.05, 4.69) is 20.3 Å². The second kappa shape index (κ2) is 9.46. The molecule has 0 fully saturated rings. The van der Waals surface area contributed by atoms with Crippen LogP contribution in [0.25, 0.3) is 33.3 Å². The summed E-state index contributed by atoms with van der Waals surface area (Å²) in [4.78, 5) is 46.8. The van der Waals surface area contributed by atoms with Gasteiger partial charge in [0.15, 0.2) is 0 Å². The number of non-ortho nitro benzene ring substituents is 1. The molecule has 0 saturated heterocycles. The van der Waals surface area contributed by atoms with E-state index in [4.69, 9.17) is 4.74 Å². The van der Waals surface area contributed by atoms with Crippen LogP contribution in [0.4, 0.5) is 5.69 Å². The number of benzene rings is 3. The van der Waals surface area contributed by atoms with Gasteiger partial charge in [-0.25, -0.2) is 9.78 Å². The van der Waals surface area contributed by atoms with E-state index >= 15 is 0 Å². The average Bonchev–Trinajstić information content (AvgIpc) is 3.51. The van der Waals surface area contributed by atoms with E-state index in [1.54, 1.807) is 12.3 Å². The lowest BCUT2D eigenvalue weighted by Crippen LogP contribution is -2.43. The zero-order valence-electron chi connectivity index (χ0n) is 19.5. The number of methoxy groups -OCH3 is 1. The fraction of sp³-hybridized carbons (Fsp3) is 0.115. The molecule has 37 heavy (non-hydrogen) atoms. The molecule has 0 saturated carbocycles. The van der Waals surface area contributed by atoms with Crippen LogP contribution >= 0.6 is 0 Å². The highest BCUT2D eigenvalue weighted by Gasteiger charge is 2.25. The van der Waals surface area contributed by atoms with E-state index in [0.29, 0.717) is 22.4 Å². The smallest absolute Gasteiger partial charge is 0.328 e. The molecule has 0 spiro atoms. The molecule has 4 N–H and O–H groups in total. The van der Waals surface area contributed by atoms with Crippen LogP contribution in [0.1, 0.15) is 15.9 Å². The van der Waals surface area contributed by atoms with Crippen molar-refractivity contribution in [2.45, 2.75) is 12.5 Å². The Kier molecular flexibility index (Phi) is 6.02. The lowest BCUT2D eigenvalue weighted by atomic mass is 10.0. The van der Waals surface area contributed by atoms with E-state index in [-0.39, 0.29) is 23.4 Å². The number of amides is 1. The number of phenols is 1. The number of carbonyl (C=O) groups excluding carboxylic acids is 2. The zero-order chi connectivity index (χ0) is 26.1. The van der Waals surface area contributed by atoms with Gasteiger partial charge in [-0.3, -0.25) is 14.9 Å². The van der Waals surface area contributed by atoms with E-state index < -0.39 is 22.8 Å². The number of fused-ring (bicyclic) bond motifs is 2. The van der Waals surface area contributed by atoms with Crippen LogP contribution in [0, 0.1) is 10.1 Å². The molecule has 11 nitrogen and oxygen atoms in total. The zero-order valence-corrected chi connectivity index (χ0v) is 19.5. The Morgan fingerprint density at radius 2 is 1.95 bits per heavy atom. The van der Waals surface area contributed by atoms with Crippen molar-refractivity contribution in [3.8, 4) is 17.1 Å². The van der Waals surface area contributed by atoms with Gasteiger partial charge in [0.05, 0.1) is 28.6 Å². The van der Waals surface area contributed by atoms with Crippen LogP contribution in [0.15, 0.2) is 66.9 Å². The molecule has 5 rings (SSSR count). The van der Waals surface area contributed by atoms with Gasteiger partial charge in [0.1, 0.15) is 17.6 Å². The van der Waals surface area contributed by atoms with Gasteiger partial charge in [-0.2, -0.15) is 0 Å². The first kappa shape index (κ1) is 23.5. The van der Waals surface area contributed by atoms with Gasteiger partial charge in [0.25, 0.3) is 11.6 Å². The Bertz CT molecular complexity index is 1670. The fourth-order valence-corrected chi connectivity index (χ4v) is 4.21. The number of phenolic OH excluding ortho intramolecular Hbond substituents is 1. The Balaban J connectivity index is 1.43. The van der Waals surface area contributed by atoms with E-state index in [0.717, 1.165) is 16.5 Å². The molecule has 186 valence electrons. The van der Waals surface area contributed by atoms with Gasteiger partial charge in [-0.05, 0) is 35.9 Å². The minimum Gasteiger partial charge on any atom is -0.507 e. The Hall–Kier alpha value is -5.19. The molecule has 0 bridgehead atoms. The summed E-state index contributed by atoms with van der Waals surface area (Å²) in [5, 5.41) is 25.1. The highest BCUT2D eigenvalue weighted by Crippen LogP contribution is 2.28. The van der Waals surface area contributed by atoms with Crippen LogP contribution in [-0.4, -0.2) is 50.0 Å². The molecule has 2 heterocycles. The average molecular weight is 499 g/mol. The molecule has 2 aromatic heterocycles. The van der Waals surface area contributed by atoms with Crippen molar-refractivity contribution in [2.24, 2.45) is 0 Å². The van der Waals surface area contributed by atoms with Crippen molar-refractivity contribution in [1.82, 2.24) is 20.3 Å². The Morgan fingerprint density at radius 3 is 2.73 bits per heavy atom. The molecule has 1 amide bonds. The lowest BCUT2D eigenvalue weighted by Gasteiger charge is -2.17. The van der Waals surface area contributed by atoms with Crippen molar-refractivity contribution in [1.29, 1.82) is 0 Å². The molecule has 5 aromatic rings. The molecule has 3 aromatic carbocycles. The number of carbonyl (C=O) groups is 2. The number of hydrogen-bond donors (Lipinski definition) is 4. The molecule has 11 heteroatoms. The predicted molar refractivity (Wildman–Crippen MR) is 135 cm³/mol. The number of H-pyrrole nitrogens is 2. The number of hydrogen-bond acceptors (Lipinski definition) is 7. The molecule has 0 aliphatic rings. The van der Waals surface area contributed by atoms with Crippen molar-refractivity contribution in [3.05, 3.63) is 88.1 Å². The molecular weight excluding hydrogens is 478 g/mol. The minimum atomic E-state index is -1.01. The third kappa shape index (κ3) is 4.57. The first-order valence-electron chi connectivity index (χ1n) is 11.3. The Morgan fingerprint density at radius 1 is 1.14 bits per heavy atom. The second-order valence-electron chi connectivity index (χ2n) is 8.39. The van der Waals surface area contributed by atoms with Gasteiger partial charge in [0, 0.05) is 41.2 Å². The minimum absolute atomic E-state index is 0.0724. The largest absolute Gasteiger partial charge is 0.507 e. The highest BCUT2D eigenvalue weighted by atomic mass is 16.6. The van der Waals surface area contributed by atoms with Gasteiger partial charge < -0.3 is 25.1 Å². The van der Waals surface area contributed by atoms with Crippen LogP contribution in [0.3, 0.4) is 0 Å². The molecule has 0 aliphatic carbocycles. The Labute approximate surface area is 209 Å². The first-order valence-corrected chi connectivity index (χ1v) is 11.3. The summed E-state index contributed by atoms with van der Waals surface area (Å²) in [6.07, 6.45) is 1.95. The number of nitrogens with one attached hydrogen (secondary N) is 3. The fourth-order valence-electron chi connectivity index (χ4n) is 4.21. The number of ether oxygens (including phenoxy) is 1. The van der Waals surface area contributed by atoms with Crippen molar-refractivity contribution >= 4 is 39.5 Å². The standard InChI is InChI=1S/C26H21N5O6/c1-37-26(34)22(11-15-13-27-19-5-3-2-4-17(15)19)30-25(33)18-10-14(6-9-23(18)32)24-28-20-8-7-16(31(35)36)12-21(20)29-24/h2-10,12-13,22,27,32H,11H2,1H3,(H,28,29)(H,30,33)/t22-/m0/s1. The number of nitrogens with zero attached hydrogens (tertiary/aromatic N) is 2. The van der Waals surface area contributed by atoms with Gasteiger partial charge >= 0.3 is 5.97 Å². The normalized spacial score (nSPS) is 11.9. The maximum atomic E-state index is 13.2. The lowest BCUT2D eigenvalue weighted by molar-refractivity contribution is -0.384. The molecule has 1 atom stereocenters. The SMILES string of the molecule is COC(=O)[C@H](Cc1c[nH]c2ccccc12)NC(=O)c1cc(-c2nc3ccc([N+](=O)[O-])cc3[nH]2)ccc1O. The molecule has 0 radical (unpaired) electrons. The van der Waals surface area contributed by atoms with Crippen LogP contribution < -0.4 is 5.32 Å². The maximum Gasteiger partial charge on any atom is 0.328 e. The molecule has 0 aliphatic heterocycles. The summed E-state index contributed by atoms with van der Waals surface area (Å²) in [5.74, 6) is -1.24. The number of imidazole rings is 1. The third-order valence-electron chi connectivity index (χ3n) is 6.08. The van der Waals surface area contributed by atoms with Crippen molar-refractivity contribution in [2.75, 3.05) is 7.11 Å². The predicted octanol–water partition coefficient (Wildman–Crippen LogP) is 3.84. The number of nitro groups is 1. The summed E-state index contributed by atoms with van der Waals surface area (Å²) in [6.45, 7) is 0. The van der Waals surface area contributed by atoms with Crippen LogP contribution in [0.2, 0.25) is 0 Å². The maximum absolute atomic E-state index is 13.2. The monoisotopic (exact) mass is 499 g/mol. The number of aromatic amines is 2. The topological polar surface area (TPSA) is 163 Å². The second-order valence-corrected chi connectivity index (χ2v) is 8.39. The van der Waals surface area contributed by atoms with E-state index in [1.165, 1.54) is 37.4 Å². The number of para-hydroxylation sites is 1.